The van der Waals surface area contributed by atoms with Gasteiger partial charge in [-0.1, -0.05) is 12.2 Å². The Morgan fingerprint density at radius 1 is 2.00 bits per heavy atom. The Morgan fingerprint density at radius 2 is 2.57 bits per heavy atom. The van der Waals surface area contributed by atoms with E-state index in [0.717, 1.165) is 0 Å². The molecule has 0 aromatic rings. The van der Waals surface area contributed by atoms with E-state index in [1.165, 1.54) is 7.11 Å². The maximum absolute atomic E-state index is 9.95. The van der Waals surface area contributed by atoms with Gasteiger partial charge in [-0.25, -0.2) is 4.79 Å². The number of hydrogen-bond donors (Lipinski definition) is 1. The molecule has 0 unspecified atom stereocenters. The fourth-order valence-electron chi connectivity index (χ4n) is 0.0927. The van der Waals surface area contributed by atoms with Gasteiger partial charge in [0.25, 0.3) is 0 Å². The van der Waals surface area contributed by atoms with E-state index in [0.29, 0.717) is 0 Å². The summed E-state index contributed by atoms with van der Waals surface area (Å²) in [5.74, 6) is 0. The van der Waals surface area contributed by atoms with Crippen molar-refractivity contribution in [1.82, 2.24) is 5.32 Å². The fraction of sp³-hybridized carbons (Fsp3) is 0.333. The lowest BCUT2D eigenvalue weighted by Gasteiger charge is -1.90. The van der Waals surface area contributed by atoms with Gasteiger partial charge in [-0.2, -0.15) is 0 Å². The van der Waals surface area contributed by atoms with E-state index in [1.807, 2.05) is 10.8 Å². The van der Waals surface area contributed by atoms with Crippen LogP contribution in [0.2, 0.25) is 0 Å². The van der Waals surface area contributed by atoms with Crippen LogP contribution in [-0.4, -0.2) is 18.7 Å². The lowest BCUT2D eigenvalue weighted by molar-refractivity contribution is 0.177. The van der Waals surface area contributed by atoms with Crippen LogP contribution in [-0.2, 0) is 4.74 Å². The number of rotatable bonds is 1. The quantitative estimate of drug-likeness (QED) is 0.394. The van der Waals surface area contributed by atoms with Gasteiger partial charge in [0.2, 0.25) is 0 Å². The third-order valence-corrected chi connectivity index (χ3v) is 0.441. The lowest BCUT2D eigenvalue weighted by Crippen LogP contribution is -2.19. The number of methoxy groups -OCH3 is 1. The molecule has 4 heteroatoms. The number of alkyl carbamates (subject to hydrolysis) is 1. The molecule has 0 aliphatic carbocycles. The molecule has 0 fully saturated rings. The smallest absolute Gasteiger partial charge is 0.412 e. The second-order valence-corrected chi connectivity index (χ2v) is 0.923. The van der Waals surface area contributed by atoms with Crippen molar-refractivity contribution in [2.75, 3.05) is 7.11 Å². The summed E-state index contributed by atoms with van der Waals surface area (Å²) in [5.41, 5.74) is 1.98. The Labute approximate surface area is 46.7 Å². The number of nitrogens with one attached hydrogen (secondary N) is 1. The zero-order chi connectivity index (χ0) is 5.70. The van der Waals surface area contributed by atoms with Crippen molar-refractivity contribution in [1.29, 1.82) is 0 Å². The average Bonchev–Trinajstić information content (AvgIpc) is 1.68. The van der Waals surface area contributed by atoms with Crippen molar-refractivity contribution in [3.05, 3.63) is 0 Å². The van der Waals surface area contributed by atoms with E-state index >= 15 is 0 Å². The monoisotopic (exact) mass is 118 g/mol. The molecule has 39 valence electrons. The fourth-order valence-corrected chi connectivity index (χ4v) is 0.176. The molecule has 0 aliphatic rings. The molecule has 0 heterocycles. The maximum Gasteiger partial charge on any atom is 0.412 e. The van der Waals surface area contributed by atoms with Crippen LogP contribution < -0.4 is 5.32 Å². The summed E-state index contributed by atoms with van der Waals surface area (Å²) in [6.45, 7) is 0. The first kappa shape index (κ1) is 6.36. The van der Waals surface area contributed by atoms with Crippen LogP contribution in [0.25, 0.3) is 0 Å². The van der Waals surface area contributed by atoms with Crippen LogP contribution in [0.15, 0.2) is 0 Å². The van der Waals surface area contributed by atoms with Crippen LogP contribution in [0.3, 0.4) is 0 Å². The van der Waals surface area contributed by atoms with Crippen LogP contribution in [0.5, 0.6) is 0 Å². The first-order valence-electron chi connectivity index (χ1n) is 1.52. The van der Waals surface area contributed by atoms with Crippen molar-refractivity contribution < 1.29 is 9.53 Å². The summed E-state index contributed by atoms with van der Waals surface area (Å²) in [4.78, 5) is 9.95. The third-order valence-electron chi connectivity index (χ3n) is 0.338. The van der Waals surface area contributed by atoms with Gasteiger partial charge in [-0.3, -0.25) is 5.32 Å². The highest BCUT2D eigenvalue weighted by atomic mass is 32.1. The van der Waals surface area contributed by atoms with Crippen molar-refractivity contribution in [3.8, 4) is 0 Å². The van der Waals surface area contributed by atoms with Gasteiger partial charge in [0.05, 0.1) is 7.11 Å². The lowest BCUT2D eigenvalue weighted by atomic mass is 11.1. The Morgan fingerprint density at radius 3 is 2.71 bits per heavy atom. The molecule has 0 aromatic heterocycles. The van der Waals surface area contributed by atoms with E-state index in [9.17, 15) is 4.79 Å². The van der Waals surface area contributed by atoms with Crippen molar-refractivity contribution >= 4 is 23.8 Å². The van der Waals surface area contributed by atoms with Crippen LogP contribution >= 0.6 is 12.2 Å². The zero-order valence-electron chi connectivity index (χ0n) is 3.72. The highest BCUT2D eigenvalue weighted by Crippen LogP contribution is 1.64. The molecule has 1 radical (unpaired) electrons. The minimum absolute atomic E-state index is 0.588. The molecule has 1 amide bonds. The number of amides is 1. The molecule has 3 nitrogen and oxygen atoms in total. The summed E-state index contributed by atoms with van der Waals surface area (Å²) >= 11 is 4.13. The molecular formula is C3H4NO2S. The third kappa shape index (κ3) is 3.18. The van der Waals surface area contributed by atoms with Gasteiger partial charge >= 0.3 is 6.09 Å². The van der Waals surface area contributed by atoms with Gasteiger partial charge < -0.3 is 4.74 Å². The summed E-state index contributed by atoms with van der Waals surface area (Å²) in [7, 11) is 1.25. The Balaban J connectivity index is 3.17. The molecule has 0 aromatic carbocycles. The normalized spacial score (nSPS) is 7.00. The number of hydrogen-bond acceptors (Lipinski definition) is 3. The Bertz CT molecular complexity index is 83.0. The van der Waals surface area contributed by atoms with Gasteiger partial charge in [-0.15, -0.1) is 0 Å². The second-order valence-electron chi connectivity index (χ2n) is 0.719. The Hall–Kier alpha value is -0.640. The number of carbonyl (C=O) groups is 1. The van der Waals surface area contributed by atoms with Gasteiger partial charge in [0.1, 0.15) is 5.49 Å². The standard InChI is InChI=1S/C3H4NO2S/c1-6-3(5)4-2-7/h1H3,(H,4,5,7). The van der Waals surface area contributed by atoms with Crippen LogP contribution in [0.1, 0.15) is 0 Å². The number of ether oxygens (including phenoxy) is 1. The van der Waals surface area contributed by atoms with E-state index in [4.69, 9.17) is 0 Å². The minimum Gasteiger partial charge on any atom is -0.453 e. The molecule has 7 heavy (non-hydrogen) atoms. The Kier molecular flexibility index (Phi) is 3.22. The molecule has 0 rings (SSSR count). The molecule has 0 bridgehead atoms. The number of carbonyl (C=O) groups excluding carboxylic acids is 1. The highest BCUT2D eigenvalue weighted by molar-refractivity contribution is 7.78. The molecule has 0 spiro atoms. The minimum atomic E-state index is -0.588. The highest BCUT2D eigenvalue weighted by Gasteiger charge is 1.89. The second kappa shape index (κ2) is 3.55. The topological polar surface area (TPSA) is 38.3 Å². The van der Waals surface area contributed by atoms with Gasteiger partial charge in [0.15, 0.2) is 0 Å². The van der Waals surface area contributed by atoms with E-state index in [2.05, 4.69) is 17.0 Å². The molecular weight excluding hydrogens is 114 g/mol. The first-order chi connectivity index (χ1) is 3.31. The van der Waals surface area contributed by atoms with Gasteiger partial charge in [0, 0.05) is 0 Å². The summed E-state index contributed by atoms with van der Waals surface area (Å²) in [6, 6.07) is 0. The summed E-state index contributed by atoms with van der Waals surface area (Å²) in [6.07, 6.45) is -0.588. The summed E-state index contributed by atoms with van der Waals surface area (Å²) in [5, 5.41) is 2.00. The average molecular weight is 118 g/mol. The van der Waals surface area contributed by atoms with Crippen LogP contribution in [0.4, 0.5) is 4.79 Å². The predicted octanol–water partition coefficient (Wildman–Crippen LogP) is 0.177. The molecule has 0 saturated heterocycles. The van der Waals surface area contributed by atoms with E-state index < -0.39 is 6.09 Å². The molecule has 0 saturated carbocycles. The van der Waals surface area contributed by atoms with E-state index in [1.54, 1.807) is 0 Å². The number of thiocarbonyl (C=S) groups is 1. The predicted molar refractivity (Wildman–Crippen MR) is 28.1 cm³/mol. The van der Waals surface area contributed by atoms with Crippen molar-refractivity contribution in [3.63, 3.8) is 0 Å². The maximum atomic E-state index is 9.95. The largest absolute Gasteiger partial charge is 0.453 e. The van der Waals surface area contributed by atoms with E-state index in [-0.39, 0.29) is 0 Å². The van der Waals surface area contributed by atoms with Crippen LogP contribution in [0, 0.1) is 0 Å². The molecule has 0 aliphatic heterocycles. The van der Waals surface area contributed by atoms with Crippen molar-refractivity contribution in [2.45, 2.75) is 0 Å². The van der Waals surface area contributed by atoms with Crippen molar-refractivity contribution in [2.24, 2.45) is 0 Å². The first-order valence-corrected chi connectivity index (χ1v) is 1.93. The summed E-state index contributed by atoms with van der Waals surface area (Å²) < 4.78 is 4.11. The zero-order valence-corrected chi connectivity index (χ0v) is 4.54. The molecule has 0 atom stereocenters. The SMILES string of the molecule is COC(=O)N[C]=S. The molecule has 1 N–H and O–H groups in total. The van der Waals surface area contributed by atoms with Gasteiger partial charge in [-0.05, 0) is 0 Å².